The molecule has 1 aromatic rings. The number of nitrogen functional groups attached to an aromatic ring is 1. The van der Waals surface area contributed by atoms with Crippen LogP contribution >= 0.6 is 0 Å². The van der Waals surface area contributed by atoms with Crippen LogP contribution in [0.2, 0.25) is 0 Å². The predicted octanol–water partition coefficient (Wildman–Crippen LogP) is 1.73. The van der Waals surface area contributed by atoms with E-state index in [2.05, 4.69) is 34.3 Å². The van der Waals surface area contributed by atoms with Crippen LogP contribution in [0, 0.1) is 11.8 Å². The molecule has 0 aliphatic heterocycles. The molecule has 98 valence electrons. The molecular weight excluding hydrogens is 226 g/mol. The minimum atomic E-state index is 0.547. The molecule has 3 N–H and O–H groups in total. The number of nitrogens with zero attached hydrogens (tertiary/aromatic N) is 3. The van der Waals surface area contributed by atoms with Crippen LogP contribution in [-0.4, -0.2) is 23.6 Å². The summed E-state index contributed by atoms with van der Waals surface area (Å²) in [5.41, 5.74) is 2.65. The molecule has 1 aromatic heterocycles. The van der Waals surface area contributed by atoms with Crippen LogP contribution < -0.4 is 16.2 Å². The Balaban J connectivity index is 1.78. The highest BCUT2D eigenvalue weighted by Gasteiger charge is 2.34. The van der Waals surface area contributed by atoms with Gasteiger partial charge in [0.1, 0.15) is 17.5 Å². The van der Waals surface area contributed by atoms with Gasteiger partial charge in [0.15, 0.2) is 0 Å². The summed E-state index contributed by atoms with van der Waals surface area (Å²) in [4.78, 5) is 11.3. The largest absolute Gasteiger partial charge is 0.359 e. The predicted molar refractivity (Wildman–Crippen MR) is 72.4 cm³/mol. The van der Waals surface area contributed by atoms with Crippen LogP contribution in [0.15, 0.2) is 6.07 Å². The first kappa shape index (κ1) is 11.7. The van der Waals surface area contributed by atoms with Crippen LogP contribution in [0.3, 0.4) is 0 Å². The molecule has 0 radical (unpaired) electrons. The summed E-state index contributed by atoms with van der Waals surface area (Å²) in [5.74, 6) is 10.4. The highest BCUT2D eigenvalue weighted by Crippen LogP contribution is 2.40. The lowest BCUT2D eigenvalue weighted by molar-refractivity contribution is 0.715. The van der Waals surface area contributed by atoms with E-state index in [1.54, 1.807) is 0 Å². The molecule has 0 amide bonds. The van der Waals surface area contributed by atoms with Crippen LogP contribution in [0.4, 0.5) is 11.6 Å². The maximum Gasteiger partial charge on any atom is 0.145 e. The average molecular weight is 247 g/mol. The van der Waals surface area contributed by atoms with Crippen LogP contribution in [0.1, 0.15) is 37.9 Å². The highest BCUT2D eigenvalue weighted by atomic mass is 15.3. The van der Waals surface area contributed by atoms with Gasteiger partial charge in [0.2, 0.25) is 0 Å². The van der Waals surface area contributed by atoms with Crippen molar-refractivity contribution in [2.75, 3.05) is 23.9 Å². The summed E-state index contributed by atoms with van der Waals surface area (Å²) >= 11 is 0. The normalized spacial score (nSPS) is 25.9. The second-order valence-electron chi connectivity index (χ2n) is 5.74. The molecule has 2 aliphatic rings. The highest BCUT2D eigenvalue weighted by molar-refractivity contribution is 5.49. The molecule has 2 fully saturated rings. The zero-order valence-corrected chi connectivity index (χ0v) is 11.1. The number of hydrogen-bond acceptors (Lipinski definition) is 5. The molecule has 18 heavy (non-hydrogen) atoms. The fourth-order valence-corrected chi connectivity index (χ4v) is 2.34. The minimum absolute atomic E-state index is 0.547. The number of nitrogens with two attached hydrogens (primary N) is 1. The lowest BCUT2D eigenvalue weighted by Gasteiger charge is -2.19. The zero-order valence-electron chi connectivity index (χ0n) is 11.1. The quantitative estimate of drug-likeness (QED) is 0.612. The van der Waals surface area contributed by atoms with Crippen molar-refractivity contribution in [3.8, 4) is 0 Å². The Morgan fingerprint density at radius 2 is 2.17 bits per heavy atom. The molecule has 1 heterocycles. The van der Waals surface area contributed by atoms with Crippen molar-refractivity contribution in [1.29, 1.82) is 0 Å². The number of aromatic nitrogens is 2. The Morgan fingerprint density at radius 3 is 2.72 bits per heavy atom. The first-order valence-corrected chi connectivity index (χ1v) is 6.74. The smallest absolute Gasteiger partial charge is 0.145 e. The Kier molecular flexibility index (Phi) is 2.86. The summed E-state index contributed by atoms with van der Waals surface area (Å²) in [7, 11) is 2.10. The number of hydrazine groups is 1. The van der Waals surface area contributed by atoms with E-state index in [0.29, 0.717) is 5.92 Å². The Bertz CT molecular complexity index is 443. The van der Waals surface area contributed by atoms with E-state index in [0.717, 1.165) is 35.8 Å². The van der Waals surface area contributed by atoms with Crippen molar-refractivity contribution in [2.45, 2.75) is 32.1 Å². The SMILES string of the molecule is CC1CC1CN(C)c1cc(NN)nc(C2CC2)n1. The Labute approximate surface area is 108 Å². The van der Waals surface area contributed by atoms with Crippen molar-refractivity contribution in [3.05, 3.63) is 11.9 Å². The molecule has 2 saturated carbocycles. The maximum atomic E-state index is 5.49. The lowest BCUT2D eigenvalue weighted by Crippen LogP contribution is -2.23. The molecule has 5 nitrogen and oxygen atoms in total. The van der Waals surface area contributed by atoms with Gasteiger partial charge in [-0.2, -0.15) is 0 Å². The van der Waals surface area contributed by atoms with Gasteiger partial charge in [-0.15, -0.1) is 0 Å². The number of hydrogen-bond donors (Lipinski definition) is 2. The zero-order chi connectivity index (χ0) is 12.7. The minimum Gasteiger partial charge on any atom is -0.359 e. The van der Waals surface area contributed by atoms with Gasteiger partial charge < -0.3 is 10.3 Å². The third-order valence-electron chi connectivity index (χ3n) is 4.00. The fourth-order valence-electron chi connectivity index (χ4n) is 2.34. The molecule has 0 aromatic carbocycles. The molecule has 0 saturated heterocycles. The average Bonchev–Trinajstić information content (AvgIpc) is 3.27. The third-order valence-corrected chi connectivity index (χ3v) is 4.00. The van der Waals surface area contributed by atoms with Crippen molar-refractivity contribution < 1.29 is 0 Å². The van der Waals surface area contributed by atoms with Gasteiger partial charge in [0, 0.05) is 25.6 Å². The Morgan fingerprint density at radius 1 is 1.44 bits per heavy atom. The van der Waals surface area contributed by atoms with Gasteiger partial charge in [-0.3, -0.25) is 0 Å². The molecule has 2 aliphatic carbocycles. The monoisotopic (exact) mass is 247 g/mol. The van der Waals surface area contributed by atoms with Crippen molar-refractivity contribution in [1.82, 2.24) is 9.97 Å². The molecular formula is C13H21N5. The van der Waals surface area contributed by atoms with Crippen molar-refractivity contribution in [2.24, 2.45) is 17.7 Å². The molecule has 0 bridgehead atoms. The van der Waals surface area contributed by atoms with E-state index in [1.165, 1.54) is 19.3 Å². The van der Waals surface area contributed by atoms with Gasteiger partial charge in [-0.25, -0.2) is 15.8 Å². The van der Waals surface area contributed by atoms with E-state index in [9.17, 15) is 0 Å². The molecule has 3 rings (SSSR count). The fraction of sp³-hybridized carbons (Fsp3) is 0.692. The van der Waals surface area contributed by atoms with Crippen molar-refractivity contribution in [3.63, 3.8) is 0 Å². The molecule has 5 heteroatoms. The molecule has 2 unspecified atom stereocenters. The summed E-state index contributed by atoms with van der Waals surface area (Å²) in [6.45, 7) is 3.38. The van der Waals surface area contributed by atoms with Gasteiger partial charge in [0.05, 0.1) is 0 Å². The van der Waals surface area contributed by atoms with E-state index < -0.39 is 0 Å². The first-order valence-electron chi connectivity index (χ1n) is 6.74. The van der Waals surface area contributed by atoms with Gasteiger partial charge >= 0.3 is 0 Å². The van der Waals surface area contributed by atoms with Crippen LogP contribution in [0.5, 0.6) is 0 Å². The molecule has 0 spiro atoms. The topological polar surface area (TPSA) is 67.1 Å². The number of anilines is 2. The van der Waals surface area contributed by atoms with E-state index >= 15 is 0 Å². The second-order valence-corrected chi connectivity index (χ2v) is 5.74. The van der Waals surface area contributed by atoms with Crippen LogP contribution in [-0.2, 0) is 0 Å². The van der Waals surface area contributed by atoms with Crippen molar-refractivity contribution >= 4 is 11.6 Å². The van der Waals surface area contributed by atoms with E-state index in [1.807, 2.05) is 6.07 Å². The summed E-state index contributed by atoms with van der Waals surface area (Å²) in [5, 5.41) is 0. The number of rotatable bonds is 5. The Hall–Kier alpha value is -1.36. The summed E-state index contributed by atoms with van der Waals surface area (Å²) in [6, 6.07) is 1.93. The van der Waals surface area contributed by atoms with Gasteiger partial charge in [-0.05, 0) is 31.1 Å². The van der Waals surface area contributed by atoms with Gasteiger partial charge in [-0.1, -0.05) is 6.92 Å². The third kappa shape index (κ3) is 2.41. The van der Waals surface area contributed by atoms with Gasteiger partial charge in [0.25, 0.3) is 0 Å². The summed E-state index contributed by atoms with van der Waals surface area (Å²) < 4.78 is 0. The number of nitrogens with one attached hydrogen (secondary N) is 1. The van der Waals surface area contributed by atoms with E-state index in [4.69, 9.17) is 5.84 Å². The second kappa shape index (κ2) is 4.39. The van der Waals surface area contributed by atoms with E-state index in [-0.39, 0.29) is 0 Å². The lowest BCUT2D eigenvalue weighted by atomic mass is 10.3. The van der Waals surface area contributed by atoms with Crippen LogP contribution in [0.25, 0.3) is 0 Å². The molecule has 2 atom stereocenters. The first-order chi connectivity index (χ1) is 8.67. The maximum absolute atomic E-state index is 5.49. The summed E-state index contributed by atoms with van der Waals surface area (Å²) in [6.07, 6.45) is 3.75. The standard InChI is InChI=1S/C13H21N5/c1-8-5-10(8)7-18(2)12-6-11(17-14)15-13(16-12)9-3-4-9/h6,8-10H,3-5,7,14H2,1-2H3,(H,15,16,17).